The molecule has 2 nitrogen and oxygen atoms in total. The number of aliphatic hydroxyl groups is 1. The van der Waals surface area contributed by atoms with Crippen LogP contribution in [0.25, 0.3) is 0 Å². The minimum Gasteiger partial charge on any atom is -0.508 e. The summed E-state index contributed by atoms with van der Waals surface area (Å²) in [6, 6.07) is 5.84. The van der Waals surface area contributed by atoms with Crippen molar-refractivity contribution in [3.05, 3.63) is 41.5 Å². The van der Waals surface area contributed by atoms with Crippen LogP contribution < -0.4 is 0 Å². The van der Waals surface area contributed by atoms with Gasteiger partial charge in [0, 0.05) is 11.3 Å². The molecule has 0 amide bonds. The van der Waals surface area contributed by atoms with E-state index in [0.29, 0.717) is 23.5 Å². The van der Waals surface area contributed by atoms with Gasteiger partial charge in [-0.15, -0.1) is 0 Å². The van der Waals surface area contributed by atoms with Crippen molar-refractivity contribution in [1.82, 2.24) is 0 Å². The van der Waals surface area contributed by atoms with Gasteiger partial charge in [0.05, 0.1) is 6.10 Å². The Kier molecular flexibility index (Phi) is 2.56. The number of hydrogen-bond acceptors (Lipinski definition) is 2. The smallest absolute Gasteiger partial charge is 0.115 e. The van der Waals surface area contributed by atoms with Gasteiger partial charge in [-0.25, -0.2) is 0 Å². The summed E-state index contributed by atoms with van der Waals surface area (Å²) in [5.74, 6) is 2.11. The molecule has 4 rings (SSSR count). The number of allylic oxidation sites excluding steroid dienone is 1. The first-order valence-electron chi connectivity index (χ1n) is 7.79. The Hall–Kier alpha value is -1.28. The lowest BCUT2D eigenvalue weighted by Gasteiger charge is -2.46. The number of aromatic hydroxyl groups is 1. The van der Waals surface area contributed by atoms with Crippen LogP contribution in [0.3, 0.4) is 0 Å². The molecule has 1 saturated carbocycles. The number of rotatable bonds is 0. The SMILES string of the molecule is C[C@]12C=C[C@H]3c4ccc(O)cc4CC[C@H]3[C@@H]1CC[C@H]2O. The van der Waals surface area contributed by atoms with Crippen molar-refractivity contribution < 1.29 is 10.2 Å². The molecule has 0 aliphatic heterocycles. The quantitative estimate of drug-likeness (QED) is 0.709. The lowest BCUT2D eigenvalue weighted by molar-refractivity contribution is 0.0453. The first-order chi connectivity index (χ1) is 9.59. The van der Waals surface area contributed by atoms with Crippen LogP contribution in [0.4, 0.5) is 0 Å². The fourth-order valence-electron chi connectivity index (χ4n) is 4.99. The van der Waals surface area contributed by atoms with Gasteiger partial charge in [-0.1, -0.05) is 25.1 Å². The van der Waals surface area contributed by atoms with Crippen molar-refractivity contribution in [2.75, 3.05) is 0 Å². The molecule has 2 N–H and O–H groups in total. The summed E-state index contributed by atoms with van der Waals surface area (Å²) in [4.78, 5) is 0. The number of phenols is 1. The molecule has 0 unspecified atom stereocenters. The monoisotopic (exact) mass is 270 g/mol. The van der Waals surface area contributed by atoms with Crippen LogP contribution >= 0.6 is 0 Å². The highest BCUT2D eigenvalue weighted by molar-refractivity contribution is 5.42. The van der Waals surface area contributed by atoms with Crippen molar-refractivity contribution in [1.29, 1.82) is 0 Å². The van der Waals surface area contributed by atoms with Gasteiger partial charge in [-0.3, -0.25) is 0 Å². The second-order valence-electron chi connectivity index (χ2n) is 7.04. The van der Waals surface area contributed by atoms with E-state index in [2.05, 4.69) is 25.1 Å². The molecule has 0 radical (unpaired) electrons. The molecule has 0 bridgehead atoms. The minimum absolute atomic E-state index is 0.0183. The van der Waals surface area contributed by atoms with E-state index in [9.17, 15) is 10.2 Å². The lowest BCUT2D eigenvalue weighted by atomic mass is 9.59. The van der Waals surface area contributed by atoms with Crippen LogP contribution in [0, 0.1) is 17.3 Å². The van der Waals surface area contributed by atoms with Crippen molar-refractivity contribution in [2.24, 2.45) is 17.3 Å². The Morgan fingerprint density at radius 3 is 2.90 bits per heavy atom. The highest BCUT2D eigenvalue weighted by Gasteiger charge is 2.52. The minimum atomic E-state index is -0.175. The molecule has 0 saturated heterocycles. The molecule has 5 atom stereocenters. The van der Waals surface area contributed by atoms with Crippen molar-refractivity contribution >= 4 is 0 Å². The Balaban J connectivity index is 1.78. The Morgan fingerprint density at radius 2 is 2.05 bits per heavy atom. The van der Waals surface area contributed by atoms with Gasteiger partial charge in [0.2, 0.25) is 0 Å². The van der Waals surface area contributed by atoms with Crippen LogP contribution in [-0.4, -0.2) is 16.3 Å². The highest BCUT2D eigenvalue weighted by atomic mass is 16.3. The topological polar surface area (TPSA) is 40.5 Å². The second kappa shape index (κ2) is 4.11. The Bertz CT molecular complexity index is 577. The van der Waals surface area contributed by atoms with E-state index in [-0.39, 0.29) is 11.5 Å². The van der Waals surface area contributed by atoms with E-state index in [1.807, 2.05) is 12.1 Å². The van der Waals surface area contributed by atoms with Crippen LogP contribution in [-0.2, 0) is 6.42 Å². The van der Waals surface area contributed by atoms with Gasteiger partial charge in [-0.05, 0) is 60.8 Å². The predicted octanol–water partition coefficient (Wildman–Crippen LogP) is 3.39. The number of aliphatic hydroxyl groups excluding tert-OH is 1. The average Bonchev–Trinajstić information content (AvgIpc) is 2.74. The molecule has 1 aromatic rings. The summed E-state index contributed by atoms with van der Waals surface area (Å²) in [7, 11) is 0. The number of benzene rings is 1. The Morgan fingerprint density at radius 1 is 1.20 bits per heavy atom. The van der Waals surface area contributed by atoms with Gasteiger partial charge in [0.15, 0.2) is 0 Å². The average molecular weight is 270 g/mol. The van der Waals surface area contributed by atoms with E-state index >= 15 is 0 Å². The third-order valence-electron chi connectivity index (χ3n) is 6.14. The van der Waals surface area contributed by atoms with Crippen LogP contribution in [0.2, 0.25) is 0 Å². The van der Waals surface area contributed by atoms with Crippen molar-refractivity contribution in [2.45, 2.75) is 44.6 Å². The first kappa shape index (κ1) is 12.5. The van der Waals surface area contributed by atoms with Crippen LogP contribution in [0.15, 0.2) is 30.4 Å². The fraction of sp³-hybridized carbons (Fsp3) is 0.556. The fourth-order valence-corrected chi connectivity index (χ4v) is 4.99. The maximum Gasteiger partial charge on any atom is 0.115 e. The summed E-state index contributed by atoms with van der Waals surface area (Å²) in [6.07, 6.45) is 8.75. The molecular formula is C18H22O2. The normalized spacial score (nSPS) is 41.9. The van der Waals surface area contributed by atoms with Crippen LogP contribution in [0.1, 0.15) is 43.2 Å². The predicted molar refractivity (Wildman–Crippen MR) is 78.6 cm³/mol. The van der Waals surface area contributed by atoms with Crippen LogP contribution in [0.5, 0.6) is 5.75 Å². The second-order valence-corrected chi connectivity index (χ2v) is 7.04. The zero-order valence-corrected chi connectivity index (χ0v) is 11.9. The van der Waals surface area contributed by atoms with Crippen molar-refractivity contribution in [3.63, 3.8) is 0 Å². The third-order valence-corrected chi connectivity index (χ3v) is 6.14. The van der Waals surface area contributed by atoms with E-state index in [4.69, 9.17) is 0 Å². The third kappa shape index (κ3) is 1.54. The zero-order chi connectivity index (χ0) is 13.9. The first-order valence-corrected chi connectivity index (χ1v) is 7.79. The van der Waals surface area contributed by atoms with Gasteiger partial charge in [0.25, 0.3) is 0 Å². The number of phenolic OH excluding ortho intramolecular Hbond substituents is 1. The van der Waals surface area contributed by atoms with Crippen molar-refractivity contribution in [3.8, 4) is 5.75 Å². The molecule has 1 aromatic carbocycles. The van der Waals surface area contributed by atoms with E-state index in [1.165, 1.54) is 17.5 Å². The van der Waals surface area contributed by atoms with Gasteiger partial charge >= 0.3 is 0 Å². The zero-order valence-electron chi connectivity index (χ0n) is 11.9. The molecule has 3 aliphatic rings. The van der Waals surface area contributed by atoms with E-state index in [1.54, 1.807) is 0 Å². The summed E-state index contributed by atoms with van der Waals surface area (Å²) in [5.41, 5.74) is 2.67. The molecule has 3 aliphatic carbocycles. The summed E-state index contributed by atoms with van der Waals surface area (Å²) < 4.78 is 0. The molecule has 20 heavy (non-hydrogen) atoms. The number of fused-ring (bicyclic) bond motifs is 5. The molecule has 0 spiro atoms. The summed E-state index contributed by atoms with van der Waals surface area (Å²) >= 11 is 0. The van der Waals surface area contributed by atoms with E-state index < -0.39 is 0 Å². The molecule has 106 valence electrons. The molecule has 2 heteroatoms. The molecular weight excluding hydrogens is 248 g/mol. The van der Waals surface area contributed by atoms with Gasteiger partial charge < -0.3 is 10.2 Å². The number of hydrogen-bond donors (Lipinski definition) is 2. The summed E-state index contributed by atoms with van der Waals surface area (Å²) in [5, 5.41) is 20.0. The van der Waals surface area contributed by atoms with Gasteiger partial charge in [0.1, 0.15) is 5.75 Å². The standard InChI is InChI=1S/C18H22O2/c1-18-9-8-14-13-5-3-12(19)10-11(13)2-4-15(14)16(18)6-7-17(18)20/h3,5,8-10,14-17,19-20H,2,4,6-7H2,1H3/t14-,15+,16-,17+,18-/m0/s1. The molecule has 0 heterocycles. The lowest BCUT2D eigenvalue weighted by Crippen LogP contribution is -2.40. The van der Waals surface area contributed by atoms with Gasteiger partial charge in [-0.2, -0.15) is 0 Å². The highest BCUT2D eigenvalue weighted by Crippen LogP contribution is 2.57. The maximum atomic E-state index is 10.3. The largest absolute Gasteiger partial charge is 0.508 e. The molecule has 0 aromatic heterocycles. The summed E-state index contributed by atoms with van der Waals surface area (Å²) in [6.45, 7) is 2.23. The Labute approximate surface area is 120 Å². The number of aryl methyl sites for hydroxylation is 1. The molecule has 1 fully saturated rings. The van der Waals surface area contributed by atoms with E-state index in [0.717, 1.165) is 19.3 Å². The maximum absolute atomic E-state index is 10.3.